The Kier molecular flexibility index (Phi) is 4.56. The van der Waals surface area contributed by atoms with Crippen LogP contribution in [0.4, 0.5) is 4.39 Å². The summed E-state index contributed by atoms with van der Waals surface area (Å²) in [5.41, 5.74) is 2.01. The first kappa shape index (κ1) is 14.0. The van der Waals surface area contributed by atoms with E-state index in [4.69, 9.17) is 0 Å². The van der Waals surface area contributed by atoms with Crippen molar-refractivity contribution in [3.05, 3.63) is 63.9 Å². The van der Waals surface area contributed by atoms with Gasteiger partial charge in [-0.3, -0.25) is 0 Å². The molecule has 0 aliphatic heterocycles. The molecule has 1 atom stereocenters. The molecule has 0 aliphatic rings. The van der Waals surface area contributed by atoms with Crippen LogP contribution in [0, 0.1) is 5.82 Å². The molecule has 4 heteroatoms. The van der Waals surface area contributed by atoms with Crippen LogP contribution in [-0.2, 0) is 6.54 Å². The summed E-state index contributed by atoms with van der Waals surface area (Å²) in [6.07, 6.45) is 0. The molecule has 2 rings (SSSR count). The lowest BCUT2D eigenvalue weighted by Gasteiger charge is -2.15. The zero-order chi connectivity index (χ0) is 13.8. The Morgan fingerprint density at radius 3 is 2.74 bits per heavy atom. The van der Waals surface area contributed by atoms with Crippen LogP contribution in [-0.4, -0.2) is 5.11 Å². The second kappa shape index (κ2) is 6.17. The van der Waals surface area contributed by atoms with E-state index in [1.807, 2.05) is 19.1 Å². The fourth-order valence-corrected chi connectivity index (χ4v) is 2.33. The van der Waals surface area contributed by atoms with Crippen molar-refractivity contribution < 1.29 is 9.50 Å². The van der Waals surface area contributed by atoms with Gasteiger partial charge in [0.05, 0.1) is 0 Å². The lowest BCUT2D eigenvalue weighted by molar-refractivity contribution is 0.472. The van der Waals surface area contributed by atoms with Crippen molar-refractivity contribution >= 4 is 15.9 Å². The SMILES string of the molecule is CC(NCc1ccc(F)cc1Br)c1cccc(O)c1. The Balaban J connectivity index is 2.02. The molecule has 0 fully saturated rings. The van der Waals surface area contributed by atoms with E-state index >= 15 is 0 Å². The molecule has 100 valence electrons. The molecule has 0 heterocycles. The lowest BCUT2D eigenvalue weighted by Crippen LogP contribution is -2.18. The Hall–Kier alpha value is -1.39. The number of nitrogens with one attached hydrogen (secondary N) is 1. The molecule has 2 nitrogen and oxygen atoms in total. The van der Waals surface area contributed by atoms with Crippen LogP contribution >= 0.6 is 15.9 Å². The maximum absolute atomic E-state index is 13.0. The van der Waals surface area contributed by atoms with Gasteiger partial charge in [-0.2, -0.15) is 0 Å². The van der Waals surface area contributed by atoms with E-state index in [1.165, 1.54) is 12.1 Å². The van der Waals surface area contributed by atoms with Gasteiger partial charge in [0.1, 0.15) is 11.6 Å². The Labute approximate surface area is 120 Å². The molecule has 0 saturated heterocycles. The molecule has 0 saturated carbocycles. The minimum absolute atomic E-state index is 0.101. The van der Waals surface area contributed by atoms with Gasteiger partial charge in [-0.15, -0.1) is 0 Å². The summed E-state index contributed by atoms with van der Waals surface area (Å²) in [5.74, 6) is 0.00534. The summed E-state index contributed by atoms with van der Waals surface area (Å²) < 4.78 is 13.7. The lowest BCUT2D eigenvalue weighted by atomic mass is 10.1. The summed E-state index contributed by atoms with van der Waals surface area (Å²) in [5, 5.41) is 12.8. The van der Waals surface area contributed by atoms with E-state index in [0.29, 0.717) is 6.54 Å². The molecule has 0 aliphatic carbocycles. The van der Waals surface area contributed by atoms with Gasteiger partial charge in [0.2, 0.25) is 0 Å². The highest BCUT2D eigenvalue weighted by molar-refractivity contribution is 9.10. The molecule has 0 aromatic heterocycles. The van der Waals surface area contributed by atoms with E-state index in [9.17, 15) is 9.50 Å². The quantitative estimate of drug-likeness (QED) is 0.886. The maximum Gasteiger partial charge on any atom is 0.124 e. The second-order valence-electron chi connectivity index (χ2n) is 4.43. The van der Waals surface area contributed by atoms with Crippen LogP contribution in [0.25, 0.3) is 0 Å². The van der Waals surface area contributed by atoms with Gasteiger partial charge in [0, 0.05) is 17.1 Å². The van der Waals surface area contributed by atoms with Crippen molar-refractivity contribution in [3.8, 4) is 5.75 Å². The van der Waals surface area contributed by atoms with Crippen LogP contribution in [0.2, 0.25) is 0 Å². The van der Waals surface area contributed by atoms with Crippen molar-refractivity contribution in [1.82, 2.24) is 5.32 Å². The fourth-order valence-electron chi connectivity index (χ4n) is 1.84. The predicted octanol–water partition coefficient (Wildman–Crippen LogP) is 4.14. The topological polar surface area (TPSA) is 32.3 Å². The summed E-state index contributed by atoms with van der Waals surface area (Å²) in [4.78, 5) is 0. The molecular formula is C15H15BrFNO. The molecule has 0 amide bonds. The Bertz CT molecular complexity index is 574. The minimum atomic E-state index is -0.253. The van der Waals surface area contributed by atoms with Crippen molar-refractivity contribution in [2.24, 2.45) is 0 Å². The minimum Gasteiger partial charge on any atom is -0.508 e. The fraction of sp³-hybridized carbons (Fsp3) is 0.200. The number of benzene rings is 2. The summed E-state index contributed by atoms with van der Waals surface area (Å²) in [6, 6.07) is 11.9. The number of phenolic OH excluding ortho intramolecular Hbond substituents is 1. The molecule has 0 spiro atoms. The largest absolute Gasteiger partial charge is 0.508 e. The monoisotopic (exact) mass is 323 g/mol. The van der Waals surface area contributed by atoms with Crippen LogP contribution in [0.1, 0.15) is 24.1 Å². The van der Waals surface area contributed by atoms with Crippen molar-refractivity contribution in [1.29, 1.82) is 0 Å². The van der Waals surface area contributed by atoms with E-state index in [2.05, 4.69) is 21.2 Å². The van der Waals surface area contributed by atoms with Crippen molar-refractivity contribution in [2.45, 2.75) is 19.5 Å². The Morgan fingerprint density at radius 2 is 2.05 bits per heavy atom. The summed E-state index contributed by atoms with van der Waals surface area (Å²) in [7, 11) is 0. The van der Waals surface area contributed by atoms with Gasteiger partial charge >= 0.3 is 0 Å². The molecule has 2 aromatic carbocycles. The summed E-state index contributed by atoms with van der Waals surface area (Å²) in [6.45, 7) is 2.64. The maximum atomic E-state index is 13.0. The zero-order valence-electron chi connectivity index (χ0n) is 10.5. The van der Waals surface area contributed by atoms with Crippen LogP contribution in [0.3, 0.4) is 0 Å². The molecule has 2 N–H and O–H groups in total. The second-order valence-corrected chi connectivity index (χ2v) is 5.29. The van der Waals surface area contributed by atoms with E-state index in [1.54, 1.807) is 18.2 Å². The molecule has 2 aromatic rings. The third-order valence-corrected chi connectivity index (χ3v) is 3.72. The molecule has 0 bridgehead atoms. The van der Waals surface area contributed by atoms with Gasteiger partial charge < -0.3 is 10.4 Å². The molecule has 19 heavy (non-hydrogen) atoms. The third kappa shape index (κ3) is 3.78. The molecule has 1 unspecified atom stereocenters. The summed E-state index contributed by atoms with van der Waals surface area (Å²) >= 11 is 3.35. The average molecular weight is 324 g/mol. The number of rotatable bonds is 4. The number of hydrogen-bond donors (Lipinski definition) is 2. The van der Waals surface area contributed by atoms with Gasteiger partial charge in [-0.05, 0) is 42.3 Å². The first-order valence-corrected chi connectivity index (χ1v) is 6.82. The van der Waals surface area contributed by atoms with Crippen molar-refractivity contribution in [3.63, 3.8) is 0 Å². The molecule has 0 radical (unpaired) electrons. The van der Waals surface area contributed by atoms with Gasteiger partial charge in [-0.1, -0.05) is 34.1 Å². The van der Waals surface area contributed by atoms with Gasteiger partial charge in [0.15, 0.2) is 0 Å². The van der Waals surface area contributed by atoms with Crippen LogP contribution in [0.5, 0.6) is 5.75 Å². The van der Waals surface area contributed by atoms with Crippen LogP contribution < -0.4 is 5.32 Å². The Morgan fingerprint density at radius 1 is 1.26 bits per heavy atom. The highest BCUT2D eigenvalue weighted by atomic mass is 79.9. The highest BCUT2D eigenvalue weighted by Gasteiger charge is 2.07. The predicted molar refractivity (Wildman–Crippen MR) is 77.5 cm³/mol. The standard InChI is InChI=1S/C15H15BrFNO/c1-10(11-3-2-4-14(19)7-11)18-9-12-5-6-13(17)8-15(12)16/h2-8,10,18-19H,9H2,1H3. The smallest absolute Gasteiger partial charge is 0.124 e. The first-order chi connectivity index (χ1) is 9.06. The first-order valence-electron chi connectivity index (χ1n) is 6.02. The average Bonchev–Trinajstić information content (AvgIpc) is 2.37. The van der Waals surface area contributed by atoms with E-state index in [-0.39, 0.29) is 17.6 Å². The van der Waals surface area contributed by atoms with E-state index in [0.717, 1.165) is 15.6 Å². The highest BCUT2D eigenvalue weighted by Crippen LogP contribution is 2.21. The molecular weight excluding hydrogens is 309 g/mol. The van der Waals surface area contributed by atoms with Gasteiger partial charge in [-0.25, -0.2) is 4.39 Å². The number of hydrogen-bond acceptors (Lipinski definition) is 2. The van der Waals surface area contributed by atoms with Gasteiger partial charge in [0.25, 0.3) is 0 Å². The zero-order valence-corrected chi connectivity index (χ0v) is 12.1. The van der Waals surface area contributed by atoms with E-state index < -0.39 is 0 Å². The number of halogens is 2. The normalized spacial score (nSPS) is 12.4. The third-order valence-electron chi connectivity index (χ3n) is 2.98. The number of aromatic hydroxyl groups is 1. The number of phenols is 1. The van der Waals surface area contributed by atoms with Crippen molar-refractivity contribution in [2.75, 3.05) is 0 Å². The van der Waals surface area contributed by atoms with Crippen LogP contribution in [0.15, 0.2) is 46.9 Å².